The molecule has 1 aromatic carbocycles. The first-order valence-corrected chi connectivity index (χ1v) is 7.32. The lowest BCUT2D eigenvalue weighted by Crippen LogP contribution is -2.21. The number of rotatable bonds is 4. The van der Waals surface area contributed by atoms with Crippen molar-refractivity contribution in [2.24, 2.45) is 5.73 Å². The van der Waals surface area contributed by atoms with Crippen LogP contribution in [0.5, 0.6) is 0 Å². The quantitative estimate of drug-likeness (QED) is 0.926. The monoisotopic (exact) mass is 271 g/mol. The van der Waals surface area contributed by atoms with Crippen molar-refractivity contribution in [1.82, 2.24) is 9.78 Å². The fourth-order valence-corrected chi connectivity index (χ4v) is 2.48. The van der Waals surface area contributed by atoms with E-state index in [1.807, 2.05) is 4.68 Å². The fraction of sp³-hybridized carbons (Fsp3) is 0.471. The van der Waals surface area contributed by atoms with Gasteiger partial charge in [-0.3, -0.25) is 0 Å². The van der Waals surface area contributed by atoms with Gasteiger partial charge in [-0.2, -0.15) is 5.10 Å². The number of benzene rings is 1. The molecule has 0 fully saturated rings. The molecule has 3 heteroatoms. The number of hydrogen-bond donors (Lipinski definition) is 1. The summed E-state index contributed by atoms with van der Waals surface area (Å²) in [5.74, 6) is 0. The molecular formula is C17H25N3. The maximum atomic E-state index is 6.03. The van der Waals surface area contributed by atoms with Crippen molar-refractivity contribution in [2.75, 3.05) is 0 Å². The van der Waals surface area contributed by atoms with Crippen molar-refractivity contribution in [1.29, 1.82) is 0 Å². The molecule has 20 heavy (non-hydrogen) atoms. The second-order valence-electron chi connectivity index (χ2n) is 5.70. The lowest BCUT2D eigenvalue weighted by atomic mass is 10.0. The van der Waals surface area contributed by atoms with Gasteiger partial charge in [-0.15, -0.1) is 0 Å². The summed E-state index contributed by atoms with van der Waals surface area (Å²) in [5.41, 5.74) is 13.3. The Labute approximate surface area is 121 Å². The second-order valence-corrected chi connectivity index (χ2v) is 5.70. The van der Waals surface area contributed by atoms with Gasteiger partial charge < -0.3 is 5.73 Å². The van der Waals surface area contributed by atoms with Crippen molar-refractivity contribution in [2.45, 2.75) is 53.5 Å². The van der Waals surface area contributed by atoms with Crippen molar-refractivity contribution in [3.63, 3.8) is 0 Å². The summed E-state index contributed by atoms with van der Waals surface area (Å²) < 4.78 is 2.05. The first-order chi connectivity index (χ1) is 9.43. The molecule has 0 amide bonds. The molecule has 0 saturated heterocycles. The van der Waals surface area contributed by atoms with Gasteiger partial charge in [-0.05, 0) is 63.3 Å². The zero-order valence-corrected chi connectivity index (χ0v) is 13.2. The molecule has 0 saturated carbocycles. The first kappa shape index (κ1) is 14.8. The molecule has 0 aliphatic heterocycles. The smallest absolute Gasteiger partial charge is 0.0678 e. The summed E-state index contributed by atoms with van der Waals surface area (Å²) in [4.78, 5) is 0. The van der Waals surface area contributed by atoms with E-state index in [1.165, 1.54) is 22.4 Å². The molecule has 0 spiro atoms. The molecule has 1 heterocycles. The highest BCUT2D eigenvalue weighted by Gasteiger charge is 2.11. The lowest BCUT2D eigenvalue weighted by molar-refractivity contribution is 0.646. The summed E-state index contributed by atoms with van der Waals surface area (Å²) in [5, 5.41) is 4.64. The van der Waals surface area contributed by atoms with Gasteiger partial charge in [0.1, 0.15) is 0 Å². The maximum Gasteiger partial charge on any atom is 0.0678 e. The van der Waals surface area contributed by atoms with Crippen LogP contribution in [0.4, 0.5) is 0 Å². The topological polar surface area (TPSA) is 43.8 Å². The molecule has 3 nitrogen and oxygen atoms in total. The Morgan fingerprint density at radius 3 is 2.40 bits per heavy atom. The Morgan fingerprint density at radius 2 is 1.90 bits per heavy atom. The summed E-state index contributed by atoms with van der Waals surface area (Å²) in [6.07, 6.45) is 1.95. The summed E-state index contributed by atoms with van der Waals surface area (Å²) in [7, 11) is 0. The van der Waals surface area contributed by atoms with Crippen LogP contribution in [0.25, 0.3) is 5.69 Å². The van der Waals surface area contributed by atoms with Gasteiger partial charge in [0.05, 0.1) is 11.4 Å². The third kappa shape index (κ3) is 2.78. The first-order valence-electron chi connectivity index (χ1n) is 7.32. The maximum absolute atomic E-state index is 6.03. The average molecular weight is 271 g/mol. The van der Waals surface area contributed by atoms with Gasteiger partial charge in [0.15, 0.2) is 0 Å². The lowest BCUT2D eigenvalue weighted by Gasteiger charge is -2.13. The van der Waals surface area contributed by atoms with Crippen LogP contribution in [0.3, 0.4) is 0 Å². The van der Waals surface area contributed by atoms with Crippen LogP contribution in [-0.4, -0.2) is 15.8 Å². The van der Waals surface area contributed by atoms with Crippen LogP contribution < -0.4 is 5.73 Å². The van der Waals surface area contributed by atoms with Crippen LogP contribution >= 0.6 is 0 Å². The standard InChI is InChI=1S/C17H25N3/c1-6-16(18)10-15-7-8-17(11(2)9-15)20-14(5)12(3)13(4)19-20/h7-9,16H,6,10,18H2,1-5H3. The van der Waals surface area contributed by atoms with Gasteiger partial charge >= 0.3 is 0 Å². The van der Waals surface area contributed by atoms with Crippen LogP contribution in [0.15, 0.2) is 18.2 Å². The Kier molecular flexibility index (Phi) is 4.29. The predicted octanol–water partition coefficient (Wildman–Crippen LogP) is 3.39. The average Bonchev–Trinajstić information content (AvgIpc) is 2.66. The number of aryl methyl sites for hydroxylation is 2. The number of aromatic nitrogens is 2. The Hall–Kier alpha value is -1.61. The van der Waals surface area contributed by atoms with E-state index in [-0.39, 0.29) is 6.04 Å². The van der Waals surface area contributed by atoms with Crippen LogP contribution in [0.1, 0.15) is 41.4 Å². The summed E-state index contributed by atoms with van der Waals surface area (Å²) >= 11 is 0. The fourth-order valence-electron chi connectivity index (χ4n) is 2.48. The van der Waals surface area contributed by atoms with Crippen molar-refractivity contribution in [3.05, 3.63) is 46.3 Å². The molecule has 2 aromatic rings. The largest absolute Gasteiger partial charge is 0.327 e. The second kappa shape index (κ2) is 5.80. The minimum atomic E-state index is 0.246. The number of nitrogens with two attached hydrogens (primary N) is 1. The molecule has 1 unspecified atom stereocenters. The molecular weight excluding hydrogens is 246 g/mol. The van der Waals surface area contributed by atoms with Crippen molar-refractivity contribution in [3.8, 4) is 5.69 Å². The zero-order chi connectivity index (χ0) is 14.9. The van der Waals surface area contributed by atoms with Gasteiger partial charge in [-0.1, -0.05) is 19.1 Å². The Balaban J connectivity index is 2.36. The number of hydrogen-bond acceptors (Lipinski definition) is 2. The third-order valence-electron chi connectivity index (χ3n) is 4.16. The summed E-state index contributed by atoms with van der Waals surface area (Å²) in [6, 6.07) is 6.81. The normalized spacial score (nSPS) is 12.7. The van der Waals surface area contributed by atoms with Gasteiger partial charge in [0, 0.05) is 11.7 Å². The molecule has 1 atom stereocenters. The minimum Gasteiger partial charge on any atom is -0.327 e. The van der Waals surface area contributed by atoms with E-state index >= 15 is 0 Å². The molecule has 0 aliphatic carbocycles. The van der Waals surface area contributed by atoms with E-state index < -0.39 is 0 Å². The van der Waals surface area contributed by atoms with E-state index in [2.05, 4.69) is 57.9 Å². The third-order valence-corrected chi connectivity index (χ3v) is 4.16. The molecule has 2 rings (SSSR count). The Bertz CT molecular complexity index is 611. The minimum absolute atomic E-state index is 0.246. The Morgan fingerprint density at radius 1 is 1.20 bits per heavy atom. The van der Waals surface area contributed by atoms with Crippen LogP contribution in [0, 0.1) is 27.7 Å². The van der Waals surface area contributed by atoms with E-state index in [0.717, 1.165) is 24.2 Å². The molecule has 108 valence electrons. The van der Waals surface area contributed by atoms with Gasteiger partial charge in [-0.25, -0.2) is 4.68 Å². The van der Waals surface area contributed by atoms with Crippen molar-refractivity contribution >= 4 is 0 Å². The molecule has 0 radical (unpaired) electrons. The zero-order valence-electron chi connectivity index (χ0n) is 13.2. The number of nitrogens with zero attached hydrogens (tertiary/aromatic N) is 2. The predicted molar refractivity (Wildman–Crippen MR) is 84.5 cm³/mol. The molecule has 1 aromatic heterocycles. The molecule has 0 aliphatic rings. The van der Waals surface area contributed by atoms with Crippen molar-refractivity contribution < 1.29 is 0 Å². The van der Waals surface area contributed by atoms with E-state index in [1.54, 1.807) is 0 Å². The highest BCUT2D eigenvalue weighted by Crippen LogP contribution is 2.21. The SMILES string of the molecule is CCC(N)Cc1ccc(-n2nc(C)c(C)c2C)c(C)c1. The summed E-state index contributed by atoms with van der Waals surface area (Å²) in [6.45, 7) is 10.6. The highest BCUT2D eigenvalue weighted by atomic mass is 15.3. The van der Waals surface area contributed by atoms with Crippen LogP contribution in [0.2, 0.25) is 0 Å². The van der Waals surface area contributed by atoms with Gasteiger partial charge in [0.25, 0.3) is 0 Å². The van der Waals surface area contributed by atoms with Gasteiger partial charge in [0.2, 0.25) is 0 Å². The van der Waals surface area contributed by atoms with E-state index in [4.69, 9.17) is 5.73 Å². The van der Waals surface area contributed by atoms with Crippen LogP contribution in [-0.2, 0) is 6.42 Å². The highest BCUT2D eigenvalue weighted by molar-refractivity contribution is 5.45. The molecule has 2 N–H and O–H groups in total. The van der Waals surface area contributed by atoms with E-state index in [9.17, 15) is 0 Å². The molecule has 0 bridgehead atoms. The van der Waals surface area contributed by atoms with E-state index in [0.29, 0.717) is 0 Å².